The fourth-order valence-corrected chi connectivity index (χ4v) is 3.76. The van der Waals surface area contributed by atoms with Gasteiger partial charge in [0.15, 0.2) is 0 Å². The van der Waals surface area contributed by atoms with Crippen molar-refractivity contribution in [3.63, 3.8) is 0 Å². The van der Waals surface area contributed by atoms with Gasteiger partial charge in [-0.05, 0) is 25.2 Å². The summed E-state index contributed by atoms with van der Waals surface area (Å²) < 4.78 is 6.44. The number of nitrogens with zero attached hydrogens (tertiary/aromatic N) is 4. The number of methoxy groups -OCH3 is 1. The lowest BCUT2D eigenvalue weighted by molar-refractivity contribution is 0.0941. The highest BCUT2D eigenvalue weighted by atomic mass is 32.1. The summed E-state index contributed by atoms with van der Waals surface area (Å²) in [6.45, 7) is 5.17. The molecule has 2 aromatic rings. The van der Waals surface area contributed by atoms with Crippen molar-refractivity contribution in [3.05, 3.63) is 22.1 Å². The summed E-state index contributed by atoms with van der Waals surface area (Å²) in [6.07, 6.45) is 2.95. The first-order valence-corrected chi connectivity index (χ1v) is 9.33. The Balaban J connectivity index is 1.83. The molecular weight excluding hydrogens is 342 g/mol. The van der Waals surface area contributed by atoms with Gasteiger partial charge in [-0.1, -0.05) is 18.3 Å². The molecule has 0 atom stereocenters. The van der Waals surface area contributed by atoms with E-state index in [1.165, 1.54) is 21.9 Å². The van der Waals surface area contributed by atoms with Gasteiger partial charge in [-0.2, -0.15) is 9.50 Å². The Morgan fingerprint density at radius 3 is 2.92 bits per heavy atom. The Hall–Kier alpha value is -2.00. The molecule has 0 aromatic carbocycles. The van der Waals surface area contributed by atoms with Crippen molar-refractivity contribution < 1.29 is 9.53 Å². The molecule has 1 aliphatic rings. The van der Waals surface area contributed by atoms with E-state index < -0.39 is 5.56 Å². The molecule has 1 aliphatic heterocycles. The van der Waals surface area contributed by atoms with Gasteiger partial charge in [0, 0.05) is 39.4 Å². The van der Waals surface area contributed by atoms with E-state index in [1.54, 1.807) is 7.11 Å². The van der Waals surface area contributed by atoms with Crippen LogP contribution in [0.2, 0.25) is 0 Å². The minimum absolute atomic E-state index is 0.222. The molecule has 136 valence electrons. The van der Waals surface area contributed by atoms with E-state index in [9.17, 15) is 9.59 Å². The van der Waals surface area contributed by atoms with E-state index in [-0.39, 0.29) is 11.6 Å². The molecular formula is C16H23N5O3S. The summed E-state index contributed by atoms with van der Waals surface area (Å²) in [7, 11) is 1.62. The lowest BCUT2D eigenvalue weighted by Gasteiger charge is -2.29. The number of hydrogen-bond acceptors (Lipinski definition) is 7. The quantitative estimate of drug-likeness (QED) is 0.773. The largest absolute Gasteiger partial charge is 0.385 e. The van der Waals surface area contributed by atoms with Gasteiger partial charge in [0.25, 0.3) is 11.5 Å². The Morgan fingerprint density at radius 2 is 2.20 bits per heavy atom. The first-order valence-electron chi connectivity index (χ1n) is 8.51. The topological polar surface area (TPSA) is 88.8 Å². The minimum Gasteiger partial charge on any atom is -0.385 e. The van der Waals surface area contributed by atoms with Gasteiger partial charge < -0.3 is 15.0 Å². The van der Waals surface area contributed by atoms with Crippen LogP contribution in [-0.2, 0) is 4.74 Å². The molecule has 2 aromatic heterocycles. The number of fused-ring (bicyclic) bond motifs is 1. The number of carbonyl (C=O) groups excluding carboxylic acids is 1. The molecule has 0 unspecified atom stereocenters. The van der Waals surface area contributed by atoms with Gasteiger partial charge >= 0.3 is 0 Å². The zero-order valence-electron chi connectivity index (χ0n) is 14.5. The van der Waals surface area contributed by atoms with E-state index in [0.29, 0.717) is 24.5 Å². The normalized spacial score (nSPS) is 15.7. The van der Waals surface area contributed by atoms with Crippen LogP contribution >= 0.6 is 11.3 Å². The summed E-state index contributed by atoms with van der Waals surface area (Å²) in [4.78, 5) is 30.9. The van der Waals surface area contributed by atoms with Gasteiger partial charge in [-0.3, -0.25) is 9.59 Å². The van der Waals surface area contributed by atoms with Gasteiger partial charge in [0.1, 0.15) is 5.69 Å². The highest BCUT2D eigenvalue weighted by Gasteiger charge is 2.21. The van der Waals surface area contributed by atoms with Crippen LogP contribution < -0.4 is 15.8 Å². The Kier molecular flexibility index (Phi) is 5.64. The molecule has 0 radical (unpaired) electrons. The number of rotatable bonds is 6. The maximum absolute atomic E-state index is 12.4. The van der Waals surface area contributed by atoms with Crippen LogP contribution in [0.5, 0.6) is 0 Å². The highest BCUT2D eigenvalue weighted by Crippen LogP contribution is 2.27. The van der Waals surface area contributed by atoms with Crippen molar-refractivity contribution in [1.29, 1.82) is 0 Å². The van der Waals surface area contributed by atoms with E-state index in [1.807, 2.05) is 0 Å². The average molecular weight is 365 g/mol. The lowest BCUT2D eigenvalue weighted by Crippen LogP contribution is -2.33. The van der Waals surface area contributed by atoms with Crippen LogP contribution in [0.1, 0.15) is 36.7 Å². The van der Waals surface area contributed by atoms with Crippen molar-refractivity contribution in [1.82, 2.24) is 19.9 Å². The third-order valence-corrected chi connectivity index (χ3v) is 5.31. The Morgan fingerprint density at radius 1 is 1.44 bits per heavy atom. The summed E-state index contributed by atoms with van der Waals surface area (Å²) in [5.74, 6) is 0.396. The number of piperidine rings is 1. The number of hydrogen-bond donors (Lipinski definition) is 1. The maximum atomic E-state index is 12.4. The number of amides is 1. The number of anilines is 1. The van der Waals surface area contributed by atoms with E-state index in [2.05, 4.69) is 27.2 Å². The molecule has 1 saturated heterocycles. The number of carbonyl (C=O) groups is 1. The SMILES string of the molecule is COCCCNC(=O)c1cc(=O)nc2sc(N3CCC(C)CC3)nn12. The molecule has 1 fully saturated rings. The van der Waals surface area contributed by atoms with E-state index >= 15 is 0 Å². The fourth-order valence-electron chi connectivity index (χ4n) is 2.80. The van der Waals surface area contributed by atoms with Crippen LogP contribution in [0.25, 0.3) is 4.96 Å². The molecule has 8 nitrogen and oxygen atoms in total. The summed E-state index contributed by atoms with van der Waals surface area (Å²) in [5, 5.41) is 8.14. The van der Waals surface area contributed by atoms with Gasteiger partial charge in [-0.15, -0.1) is 5.10 Å². The third-order valence-electron chi connectivity index (χ3n) is 4.34. The van der Waals surface area contributed by atoms with Crippen LogP contribution in [0.15, 0.2) is 10.9 Å². The van der Waals surface area contributed by atoms with Crippen molar-refractivity contribution in [3.8, 4) is 0 Å². The van der Waals surface area contributed by atoms with Crippen LogP contribution in [0.3, 0.4) is 0 Å². The van der Waals surface area contributed by atoms with E-state index in [4.69, 9.17) is 4.74 Å². The van der Waals surface area contributed by atoms with Crippen LogP contribution in [-0.4, -0.2) is 53.9 Å². The summed E-state index contributed by atoms with van der Waals surface area (Å²) in [5.41, 5.74) is -0.204. The van der Waals surface area contributed by atoms with E-state index in [0.717, 1.165) is 37.0 Å². The molecule has 3 heterocycles. The zero-order chi connectivity index (χ0) is 17.8. The number of nitrogens with one attached hydrogen (secondary N) is 1. The highest BCUT2D eigenvalue weighted by molar-refractivity contribution is 7.20. The first kappa shape index (κ1) is 17.8. The second-order valence-corrected chi connectivity index (χ2v) is 7.26. The third kappa shape index (κ3) is 4.16. The lowest BCUT2D eigenvalue weighted by atomic mass is 10.00. The summed E-state index contributed by atoms with van der Waals surface area (Å²) in [6, 6.07) is 1.24. The molecule has 0 bridgehead atoms. The van der Waals surface area contributed by atoms with Crippen molar-refractivity contribution in [2.24, 2.45) is 5.92 Å². The Labute approximate surface area is 149 Å². The smallest absolute Gasteiger partial charge is 0.274 e. The predicted octanol–water partition coefficient (Wildman–Crippen LogP) is 1.15. The molecule has 9 heteroatoms. The number of ether oxygens (including phenoxy) is 1. The zero-order valence-corrected chi connectivity index (χ0v) is 15.3. The second kappa shape index (κ2) is 7.92. The second-order valence-electron chi connectivity index (χ2n) is 6.33. The molecule has 25 heavy (non-hydrogen) atoms. The van der Waals surface area contributed by atoms with Crippen molar-refractivity contribution >= 4 is 27.3 Å². The molecule has 3 rings (SSSR count). The molecule has 0 aliphatic carbocycles. The molecule has 0 spiro atoms. The predicted molar refractivity (Wildman–Crippen MR) is 96.6 cm³/mol. The fraction of sp³-hybridized carbons (Fsp3) is 0.625. The van der Waals surface area contributed by atoms with Crippen LogP contribution in [0, 0.1) is 5.92 Å². The van der Waals surface area contributed by atoms with Crippen LogP contribution in [0.4, 0.5) is 5.13 Å². The summed E-state index contributed by atoms with van der Waals surface area (Å²) >= 11 is 1.35. The first-order chi connectivity index (χ1) is 12.1. The molecule has 0 saturated carbocycles. The standard InChI is InChI=1S/C16H23N5O3S/c1-11-4-7-20(8-5-11)16-19-21-12(10-13(22)18-15(21)25-16)14(23)17-6-3-9-24-2/h10-11H,3-9H2,1-2H3,(H,17,23). The average Bonchev–Trinajstić information content (AvgIpc) is 3.02. The van der Waals surface area contributed by atoms with Crippen molar-refractivity contribution in [2.45, 2.75) is 26.2 Å². The molecule has 1 N–H and O–H groups in total. The molecule has 1 amide bonds. The van der Waals surface area contributed by atoms with Gasteiger partial charge in [0.05, 0.1) is 0 Å². The monoisotopic (exact) mass is 365 g/mol. The minimum atomic E-state index is -0.426. The van der Waals surface area contributed by atoms with Crippen molar-refractivity contribution in [2.75, 3.05) is 38.3 Å². The Bertz CT molecular complexity index is 795. The number of aromatic nitrogens is 3. The van der Waals surface area contributed by atoms with Gasteiger partial charge in [0.2, 0.25) is 10.1 Å². The van der Waals surface area contributed by atoms with Gasteiger partial charge in [-0.25, -0.2) is 0 Å². The maximum Gasteiger partial charge on any atom is 0.274 e.